The summed E-state index contributed by atoms with van der Waals surface area (Å²) in [6.07, 6.45) is 5.91. The summed E-state index contributed by atoms with van der Waals surface area (Å²) in [4.78, 5) is 20.3. The van der Waals surface area contributed by atoms with Gasteiger partial charge in [-0.3, -0.25) is 9.93 Å². The normalized spacial score (nSPS) is 13.0. The van der Waals surface area contributed by atoms with Gasteiger partial charge >= 0.3 is 0 Å². The maximum absolute atomic E-state index is 12.4. The van der Waals surface area contributed by atoms with Crippen LogP contribution in [-0.4, -0.2) is 94.2 Å². The summed E-state index contributed by atoms with van der Waals surface area (Å²) in [5, 5.41) is 5.04. The minimum Gasteiger partial charge on any atom is -0.488 e. The molecule has 53 heavy (non-hydrogen) atoms. The Labute approximate surface area is 323 Å². The molecule has 0 aliphatic carbocycles. The number of nitrogens with two attached hydrogens (primary N) is 1. The van der Waals surface area contributed by atoms with Crippen LogP contribution in [0.1, 0.15) is 93.2 Å². The van der Waals surface area contributed by atoms with Gasteiger partial charge < -0.3 is 28.4 Å². The summed E-state index contributed by atoms with van der Waals surface area (Å²) in [5.74, 6) is 2.44. The van der Waals surface area contributed by atoms with Gasteiger partial charge in [-0.1, -0.05) is 27.7 Å². The molecule has 0 saturated carbocycles. The number of rotatable bonds is 19. The second-order valence-electron chi connectivity index (χ2n) is 14.6. The van der Waals surface area contributed by atoms with E-state index >= 15 is 0 Å². The Kier molecular flexibility index (Phi) is 24.5. The predicted octanol–water partition coefficient (Wildman–Crippen LogP) is 6.29. The number of aromatic nitrogens is 2. The number of carbonyl (C=O) groups excluding carboxylic acids is 1. The zero-order chi connectivity index (χ0) is 40.8. The number of hydrogen-bond acceptors (Lipinski definition) is 11. The molecule has 2 atom stereocenters. The zero-order valence-corrected chi connectivity index (χ0v) is 36.2. The van der Waals surface area contributed by atoms with Gasteiger partial charge in [-0.2, -0.15) is 4.40 Å². The lowest BCUT2D eigenvalue weighted by Crippen LogP contribution is -2.27. The van der Waals surface area contributed by atoms with Gasteiger partial charge in [-0.05, 0) is 70.7 Å². The van der Waals surface area contributed by atoms with Crippen LogP contribution in [0.2, 0.25) is 0 Å². The molecule has 304 valence electrons. The second-order valence-corrected chi connectivity index (χ2v) is 18.3. The first-order valence-corrected chi connectivity index (χ1v) is 20.0. The van der Waals surface area contributed by atoms with Gasteiger partial charge in [-0.25, -0.2) is 18.4 Å². The Morgan fingerprint density at radius 2 is 1.13 bits per heavy atom. The molecule has 0 saturated heterocycles. The Hall–Kier alpha value is -2.98. The number of carbonyl (C=O) groups is 1. The topological polar surface area (TPSA) is 171 Å². The van der Waals surface area contributed by atoms with E-state index in [1.165, 1.54) is 0 Å². The van der Waals surface area contributed by atoms with Crippen LogP contribution in [0.15, 0.2) is 28.9 Å². The zero-order valence-electron chi connectivity index (χ0n) is 34.5. The molecule has 0 unspecified atom stereocenters. The summed E-state index contributed by atoms with van der Waals surface area (Å²) in [5.41, 5.74) is 2.67. The molecule has 0 amide bonds. The van der Waals surface area contributed by atoms with E-state index in [2.05, 4.69) is 28.2 Å². The number of methoxy groups -OCH3 is 4. The van der Waals surface area contributed by atoms with Crippen LogP contribution in [0, 0.1) is 11.8 Å². The van der Waals surface area contributed by atoms with Crippen molar-refractivity contribution in [2.75, 3.05) is 54.9 Å². The van der Waals surface area contributed by atoms with Crippen molar-refractivity contribution in [3.05, 3.63) is 35.7 Å². The smallest absolute Gasteiger partial charge is 0.256 e. The third kappa shape index (κ3) is 21.5. The lowest BCUT2D eigenvalue weighted by molar-refractivity contribution is -0.121. The van der Waals surface area contributed by atoms with Crippen molar-refractivity contribution in [3.63, 3.8) is 0 Å². The van der Waals surface area contributed by atoms with E-state index in [1.807, 2.05) is 67.5 Å². The van der Waals surface area contributed by atoms with E-state index in [4.69, 9.17) is 33.6 Å². The number of Topliss-reactive ketones (excluding diaryl/α,β-unsaturated/α-hetero) is 1. The first-order chi connectivity index (χ1) is 24.7. The fraction of sp³-hybridized carbons (Fsp3) is 0.684. The van der Waals surface area contributed by atoms with Gasteiger partial charge in [0.15, 0.2) is 11.5 Å². The van der Waals surface area contributed by atoms with E-state index in [0.29, 0.717) is 62.5 Å². The first kappa shape index (κ1) is 50.0. The largest absolute Gasteiger partial charge is 0.488 e. The molecular formula is C38H66N4O9S2. The molecule has 0 bridgehead atoms. The van der Waals surface area contributed by atoms with E-state index in [1.54, 1.807) is 40.8 Å². The summed E-state index contributed by atoms with van der Waals surface area (Å²) in [6.45, 7) is 21.5. The molecule has 0 aromatic carbocycles. The molecular weight excluding hydrogens is 721 g/mol. The Morgan fingerprint density at radius 3 is 1.45 bits per heavy atom. The maximum atomic E-state index is 12.4. The Bertz CT molecular complexity index is 1440. The lowest BCUT2D eigenvalue weighted by atomic mass is 10.0. The molecule has 2 rings (SSSR count). The van der Waals surface area contributed by atoms with Crippen LogP contribution in [0.5, 0.6) is 23.3 Å². The van der Waals surface area contributed by atoms with Crippen molar-refractivity contribution >= 4 is 33.5 Å². The minimum absolute atomic E-state index is 0.0168. The van der Waals surface area contributed by atoms with Crippen molar-refractivity contribution in [2.45, 2.75) is 104 Å². The van der Waals surface area contributed by atoms with Crippen molar-refractivity contribution in [3.8, 4) is 23.3 Å². The minimum atomic E-state index is -1.28. The summed E-state index contributed by atoms with van der Waals surface area (Å²) in [6, 6.07) is 3.73. The molecule has 0 radical (unpaired) electrons. The molecule has 0 aliphatic rings. The molecule has 2 N–H and O–H groups in total. The highest BCUT2D eigenvalue weighted by Crippen LogP contribution is 2.27. The molecule has 2 aromatic rings. The fourth-order valence-corrected chi connectivity index (χ4v) is 4.38. The van der Waals surface area contributed by atoms with E-state index in [-0.39, 0.29) is 27.1 Å². The van der Waals surface area contributed by atoms with Crippen LogP contribution < -0.4 is 24.1 Å². The summed E-state index contributed by atoms with van der Waals surface area (Å²) < 4.78 is 58.4. The third-order valence-electron chi connectivity index (χ3n) is 7.04. The quantitative estimate of drug-likeness (QED) is 0.125. The molecule has 0 fully saturated rings. The number of ketones is 1. The Morgan fingerprint density at radius 1 is 0.717 bits per heavy atom. The number of nitrogens with zero attached hydrogens (tertiary/aromatic N) is 3. The highest BCUT2D eigenvalue weighted by molar-refractivity contribution is 7.85. The average molecular weight is 787 g/mol. The van der Waals surface area contributed by atoms with Crippen LogP contribution in [-0.2, 0) is 49.1 Å². The third-order valence-corrected chi connectivity index (χ3v) is 9.69. The molecule has 2 aromatic heterocycles. The average Bonchev–Trinajstić information content (AvgIpc) is 3.08. The van der Waals surface area contributed by atoms with Crippen molar-refractivity contribution in [1.82, 2.24) is 9.97 Å². The lowest BCUT2D eigenvalue weighted by Gasteiger charge is -2.17. The van der Waals surface area contributed by atoms with E-state index in [0.717, 1.165) is 29.7 Å². The van der Waals surface area contributed by atoms with Crippen LogP contribution in [0.25, 0.3) is 0 Å². The summed E-state index contributed by atoms with van der Waals surface area (Å²) >= 11 is 0. The Balaban J connectivity index is 0.000000884. The molecule has 15 heteroatoms. The maximum Gasteiger partial charge on any atom is 0.256 e. The number of ether oxygens (including phenoxy) is 6. The predicted molar refractivity (Wildman–Crippen MR) is 215 cm³/mol. The van der Waals surface area contributed by atoms with Gasteiger partial charge in [0.05, 0.1) is 47.9 Å². The highest BCUT2D eigenvalue weighted by Gasteiger charge is 2.21. The van der Waals surface area contributed by atoms with Crippen molar-refractivity contribution in [1.29, 1.82) is 0 Å². The highest BCUT2D eigenvalue weighted by atomic mass is 32.2. The van der Waals surface area contributed by atoms with Gasteiger partial charge in [0, 0.05) is 77.1 Å². The number of pyridine rings is 2. The van der Waals surface area contributed by atoms with E-state index in [9.17, 15) is 13.2 Å². The SMILES string of the molecule is CC(C)(C)[S@@](N)=O.COCCCOc1cc(CC(=N[S@@](=O)C(C)(C)C)C(C)C)cnc1OC.COCCCOc1cc(CC(=O)C(C)C)cnc1OC. The van der Waals surface area contributed by atoms with Crippen LogP contribution in [0.4, 0.5) is 0 Å². The van der Waals surface area contributed by atoms with Gasteiger partial charge in [0.25, 0.3) is 11.8 Å². The molecule has 13 nitrogen and oxygen atoms in total. The standard InChI is InChI=1S/C19H32N2O4S.C15H23NO4.C4H11NOS/c1-14(2)16(21-26(22)19(3,4)5)11-15-12-17(18(24-7)20-13-15)25-10-8-9-23-6;1-11(2)13(17)8-12-9-14(15(19-4)16-10-12)20-7-5-6-18-3;1-4(2,3)7(5)6/h12-14H,8-11H2,1-7H3;9-11H,5-8H2,1-4H3;5H2,1-3H3/t26-;;7-/m0.0/s1. The molecule has 2 heterocycles. The van der Waals surface area contributed by atoms with E-state index < -0.39 is 22.0 Å². The van der Waals surface area contributed by atoms with Crippen molar-refractivity contribution < 1.29 is 41.6 Å². The van der Waals surface area contributed by atoms with Crippen LogP contribution in [0.3, 0.4) is 0 Å². The second kappa shape index (κ2) is 25.9. The van der Waals surface area contributed by atoms with Crippen LogP contribution >= 0.6 is 0 Å². The number of hydrogen-bond donors (Lipinski definition) is 1. The van der Waals surface area contributed by atoms with Gasteiger partial charge in [-0.15, -0.1) is 0 Å². The van der Waals surface area contributed by atoms with Gasteiger partial charge in [0.2, 0.25) is 0 Å². The van der Waals surface area contributed by atoms with Crippen molar-refractivity contribution in [2.24, 2.45) is 21.4 Å². The molecule has 0 spiro atoms. The fourth-order valence-electron chi connectivity index (χ4n) is 3.62. The molecule has 0 aliphatic heterocycles. The monoisotopic (exact) mass is 786 g/mol. The summed E-state index contributed by atoms with van der Waals surface area (Å²) in [7, 11) is 3.96. The van der Waals surface area contributed by atoms with Gasteiger partial charge in [0.1, 0.15) is 16.8 Å². The first-order valence-electron chi connectivity index (χ1n) is 17.7.